The van der Waals surface area contributed by atoms with Gasteiger partial charge >= 0.3 is 5.97 Å². The highest BCUT2D eigenvalue weighted by molar-refractivity contribution is 5.74. The normalized spacial score (nSPS) is 11.8. The molecule has 0 aliphatic heterocycles. The molecular weight excluding hydrogens is 272 g/mol. The summed E-state index contributed by atoms with van der Waals surface area (Å²) in [7, 11) is 0. The van der Waals surface area contributed by atoms with Gasteiger partial charge in [-0.2, -0.15) is 0 Å². The van der Waals surface area contributed by atoms with Gasteiger partial charge in [0.2, 0.25) is 0 Å². The van der Waals surface area contributed by atoms with E-state index in [4.69, 9.17) is 0 Å². The van der Waals surface area contributed by atoms with Crippen molar-refractivity contribution < 1.29 is 9.90 Å². The lowest BCUT2D eigenvalue weighted by Gasteiger charge is -2.26. The Hall–Kier alpha value is -0.530. The summed E-state index contributed by atoms with van der Waals surface area (Å²) >= 11 is 0. The molecule has 0 spiro atoms. The van der Waals surface area contributed by atoms with Gasteiger partial charge in [-0.25, -0.2) is 0 Å². The van der Waals surface area contributed by atoms with Crippen molar-refractivity contribution in [2.75, 3.05) is 0 Å². The van der Waals surface area contributed by atoms with Gasteiger partial charge < -0.3 is 5.11 Å². The average molecular weight is 313 g/mol. The van der Waals surface area contributed by atoms with E-state index in [2.05, 4.69) is 6.92 Å². The number of aliphatic carboxylic acids is 1. The van der Waals surface area contributed by atoms with Crippen molar-refractivity contribution in [1.82, 2.24) is 0 Å². The zero-order valence-electron chi connectivity index (χ0n) is 15.5. The van der Waals surface area contributed by atoms with Crippen LogP contribution in [0.1, 0.15) is 117 Å². The first-order valence-electron chi connectivity index (χ1n) is 9.86. The standard InChI is InChI=1S/C20H40O2/c1-4-7-8-9-10-11-12-13-14-15-16-17-18-20(5-2,6-3)19(21)22/h4-18H2,1-3H3,(H,21,22). The molecular formula is C20H40O2. The van der Waals surface area contributed by atoms with Crippen molar-refractivity contribution >= 4 is 5.97 Å². The monoisotopic (exact) mass is 312 g/mol. The zero-order valence-corrected chi connectivity index (χ0v) is 15.5. The highest BCUT2D eigenvalue weighted by atomic mass is 16.4. The Morgan fingerprint density at radius 2 is 1.05 bits per heavy atom. The van der Waals surface area contributed by atoms with E-state index in [-0.39, 0.29) is 0 Å². The minimum Gasteiger partial charge on any atom is -0.481 e. The van der Waals surface area contributed by atoms with Crippen molar-refractivity contribution in [3.63, 3.8) is 0 Å². The summed E-state index contributed by atoms with van der Waals surface area (Å²) in [5.41, 5.74) is -0.460. The fourth-order valence-electron chi connectivity index (χ4n) is 3.32. The van der Waals surface area contributed by atoms with Crippen molar-refractivity contribution in [2.45, 2.75) is 117 Å². The van der Waals surface area contributed by atoms with Crippen molar-refractivity contribution in [1.29, 1.82) is 0 Å². The maximum atomic E-state index is 11.4. The van der Waals surface area contributed by atoms with Crippen LogP contribution in [0.5, 0.6) is 0 Å². The first-order chi connectivity index (χ1) is 10.6. The predicted octanol–water partition coefficient (Wildman–Crippen LogP) is 6.97. The lowest BCUT2D eigenvalue weighted by molar-refractivity contribution is -0.150. The Bertz CT molecular complexity index is 256. The van der Waals surface area contributed by atoms with E-state index in [1.54, 1.807) is 0 Å². The quantitative estimate of drug-likeness (QED) is 0.312. The molecule has 0 radical (unpaired) electrons. The number of unbranched alkanes of at least 4 members (excludes halogenated alkanes) is 11. The molecule has 2 heteroatoms. The number of hydrogen-bond donors (Lipinski definition) is 1. The first kappa shape index (κ1) is 21.5. The highest BCUT2D eigenvalue weighted by Crippen LogP contribution is 2.33. The van der Waals surface area contributed by atoms with Crippen LogP contribution in [0.3, 0.4) is 0 Å². The number of carboxylic acid groups (broad SMARTS) is 1. The fraction of sp³-hybridized carbons (Fsp3) is 0.950. The van der Waals surface area contributed by atoms with Gasteiger partial charge in [0.05, 0.1) is 5.41 Å². The fourth-order valence-corrected chi connectivity index (χ4v) is 3.32. The molecule has 1 N–H and O–H groups in total. The predicted molar refractivity (Wildman–Crippen MR) is 96.3 cm³/mol. The third-order valence-electron chi connectivity index (χ3n) is 5.32. The first-order valence-corrected chi connectivity index (χ1v) is 9.86. The van der Waals surface area contributed by atoms with Crippen molar-refractivity contribution in [3.05, 3.63) is 0 Å². The second kappa shape index (κ2) is 14.1. The Morgan fingerprint density at radius 1 is 0.682 bits per heavy atom. The molecule has 0 aromatic rings. The van der Waals surface area contributed by atoms with Crippen LogP contribution in [0.4, 0.5) is 0 Å². The number of carbonyl (C=O) groups is 1. The average Bonchev–Trinajstić information content (AvgIpc) is 2.52. The summed E-state index contributed by atoms with van der Waals surface area (Å²) in [6.45, 7) is 6.29. The summed E-state index contributed by atoms with van der Waals surface area (Å²) in [4.78, 5) is 11.4. The van der Waals surface area contributed by atoms with Crippen LogP contribution < -0.4 is 0 Å². The Morgan fingerprint density at radius 3 is 1.36 bits per heavy atom. The number of hydrogen-bond acceptors (Lipinski definition) is 1. The maximum Gasteiger partial charge on any atom is 0.309 e. The van der Waals surface area contributed by atoms with Gasteiger partial charge in [0.25, 0.3) is 0 Å². The van der Waals surface area contributed by atoms with Gasteiger partial charge in [-0.05, 0) is 19.3 Å². The van der Waals surface area contributed by atoms with Crippen molar-refractivity contribution in [2.24, 2.45) is 5.41 Å². The van der Waals surface area contributed by atoms with E-state index in [9.17, 15) is 9.90 Å². The topological polar surface area (TPSA) is 37.3 Å². The number of carboxylic acids is 1. The summed E-state index contributed by atoms with van der Waals surface area (Å²) in [6, 6.07) is 0. The van der Waals surface area contributed by atoms with E-state index >= 15 is 0 Å². The Labute approximate surface area is 139 Å². The van der Waals surface area contributed by atoms with Crippen LogP contribution in [0.25, 0.3) is 0 Å². The minimum absolute atomic E-state index is 0.460. The van der Waals surface area contributed by atoms with Crippen LogP contribution in [0, 0.1) is 5.41 Å². The molecule has 0 saturated heterocycles. The second-order valence-electron chi connectivity index (χ2n) is 6.93. The van der Waals surface area contributed by atoms with Crippen LogP contribution >= 0.6 is 0 Å². The van der Waals surface area contributed by atoms with Gasteiger partial charge in [0, 0.05) is 0 Å². The smallest absolute Gasteiger partial charge is 0.309 e. The molecule has 0 unspecified atom stereocenters. The Kier molecular flexibility index (Phi) is 13.7. The molecule has 22 heavy (non-hydrogen) atoms. The lowest BCUT2D eigenvalue weighted by Crippen LogP contribution is -2.29. The molecule has 0 heterocycles. The van der Waals surface area contributed by atoms with E-state index < -0.39 is 11.4 Å². The van der Waals surface area contributed by atoms with E-state index in [0.29, 0.717) is 0 Å². The molecule has 0 fully saturated rings. The SMILES string of the molecule is CCCCCCCCCCCCCCC(CC)(CC)C(=O)O. The highest BCUT2D eigenvalue weighted by Gasteiger charge is 2.33. The molecule has 0 bridgehead atoms. The maximum absolute atomic E-state index is 11.4. The van der Waals surface area contributed by atoms with Gasteiger partial charge in [0.1, 0.15) is 0 Å². The molecule has 0 aliphatic carbocycles. The summed E-state index contributed by atoms with van der Waals surface area (Å²) in [5.74, 6) is -0.597. The molecule has 132 valence electrons. The summed E-state index contributed by atoms with van der Waals surface area (Å²) in [6.07, 6.45) is 18.4. The third kappa shape index (κ3) is 9.48. The van der Waals surface area contributed by atoms with Gasteiger partial charge in [-0.1, -0.05) is 97.8 Å². The van der Waals surface area contributed by atoms with E-state index in [1.165, 1.54) is 70.6 Å². The van der Waals surface area contributed by atoms with E-state index in [0.717, 1.165) is 25.7 Å². The molecule has 0 amide bonds. The van der Waals surface area contributed by atoms with Gasteiger partial charge in [-0.15, -0.1) is 0 Å². The molecule has 0 aromatic heterocycles. The second-order valence-corrected chi connectivity index (χ2v) is 6.93. The largest absolute Gasteiger partial charge is 0.481 e. The van der Waals surface area contributed by atoms with E-state index in [1.807, 2.05) is 13.8 Å². The number of rotatable bonds is 16. The molecule has 0 atom stereocenters. The third-order valence-corrected chi connectivity index (χ3v) is 5.32. The molecule has 0 rings (SSSR count). The Balaban J connectivity index is 3.44. The molecule has 0 aromatic carbocycles. The minimum atomic E-state index is -0.597. The van der Waals surface area contributed by atoms with Gasteiger partial charge in [0.15, 0.2) is 0 Å². The zero-order chi connectivity index (χ0) is 16.7. The van der Waals surface area contributed by atoms with Crippen LogP contribution in [-0.2, 0) is 4.79 Å². The summed E-state index contributed by atoms with van der Waals surface area (Å²) in [5, 5.41) is 9.40. The molecule has 2 nitrogen and oxygen atoms in total. The van der Waals surface area contributed by atoms with Crippen LogP contribution in [0.2, 0.25) is 0 Å². The van der Waals surface area contributed by atoms with Crippen LogP contribution in [0.15, 0.2) is 0 Å². The lowest BCUT2D eigenvalue weighted by atomic mass is 9.78. The van der Waals surface area contributed by atoms with Crippen LogP contribution in [-0.4, -0.2) is 11.1 Å². The summed E-state index contributed by atoms with van der Waals surface area (Å²) < 4.78 is 0. The molecule has 0 aliphatic rings. The van der Waals surface area contributed by atoms with Crippen molar-refractivity contribution in [3.8, 4) is 0 Å². The molecule has 0 saturated carbocycles. The van der Waals surface area contributed by atoms with Gasteiger partial charge in [-0.3, -0.25) is 4.79 Å².